The van der Waals surface area contributed by atoms with Crippen molar-refractivity contribution in [2.45, 2.75) is 95.9 Å². The Kier molecular flexibility index (Phi) is 11.7. The third-order valence-electron chi connectivity index (χ3n) is 5.88. The molecule has 1 aromatic rings. The molecule has 1 fully saturated rings. The van der Waals surface area contributed by atoms with Gasteiger partial charge in [0.2, 0.25) is 11.8 Å². The number of carbonyl (C=O) groups is 3. The van der Waals surface area contributed by atoms with Crippen LogP contribution in [0, 0.1) is 0 Å². The van der Waals surface area contributed by atoms with Crippen molar-refractivity contribution in [3.63, 3.8) is 0 Å². The molecule has 2 amide bonds. The molecule has 3 N–H and O–H groups in total. The van der Waals surface area contributed by atoms with Gasteiger partial charge in [0.05, 0.1) is 6.54 Å². The molecule has 172 valence electrons. The monoisotopic (exact) mass is 430 g/mol. The minimum atomic E-state index is -1.08. The Morgan fingerprint density at radius 2 is 1.32 bits per heavy atom. The number of hydrogen-bond donors (Lipinski definition) is 3. The standard InChI is InChI=1S/C19H26N2O4.C6H12/c22-17-10-5-3-1-2-4-7-14-8-6-9-15(11-14)12-16(19(24)25)21-18(23)13-20-17;1-2-4-6-5-3-1/h6,8-9,11,16H,1-5,7,10,12-13H2,(H,20,22)(H,21,23)(H,24,25);1-6H2. The molecule has 3 rings (SSSR count). The lowest BCUT2D eigenvalue weighted by molar-refractivity contribution is -0.141. The lowest BCUT2D eigenvalue weighted by Gasteiger charge is -2.15. The zero-order valence-electron chi connectivity index (χ0n) is 18.7. The quantitative estimate of drug-likeness (QED) is 0.624. The second-order valence-electron chi connectivity index (χ2n) is 8.65. The number of benzene rings is 1. The van der Waals surface area contributed by atoms with Crippen molar-refractivity contribution in [1.29, 1.82) is 0 Å². The molecule has 1 aromatic carbocycles. The van der Waals surface area contributed by atoms with E-state index >= 15 is 0 Å². The minimum Gasteiger partial charge on any atom is -0.480 e. The van der Waals surface area contributed by atoms with Crippen molar-refractivity contribution in [2.24, 2.45) is 0 Å². The van der Waals surface area contributed by atoms with Crippen LogP contribution in [0.3, 0.4) is 0 Å². The second-order valence-corrected chi connectivity index (χ2v) is 8.65. The number of carbonyl (C=O) groups excluding carboxylic acids is 2. The first-order valence-electron chi connectivity index (χ1n) is 11.9. The Bertz CT molecular complexity index is 689. The van der Waals surface area contributed by atoms with Gasteiger partial charge in [-0.2, -0.15) is 0 Å². The van der Waals surface area contributed by atoms with Gasteiger partial charge in [0.25, 0.3) is 0 Å². The maximum absolute atomic E-state index is 11.9. The minimum absolute atomic E-state index is 0.169. The molecular weight excluding hydrogens is 392 g/mol. The van der Waals surface area contributed by atoms with Crippen molar-refractivity contribution in [1.82, 2.24) is 10.6 Å². The van der Waals surface area contributed by atoms with Crippen LogP contribution in [0.25, 0.3) is 0 Å². The molecule has 0 aromatic heterocycles. The summed E-state index contributed by atoms with van der Waals surface area (Å²) >= 11 is 0. The zero-order valence-corrected chi connectivity index (χ0v) is 18.7. The number of aliphatic carboxylic acids is 1. The van der Waals surface area contributed by atoms with E-state index in [0.29, 0.717) is 6.42 Å². The molecular formula is C25H38N2O4. The Hall–Kier alpha value is -2.37. The number of carboxylic acids is 1. The van der Waals surface area contributed by atoms with Crippen molar-refractivity contribution in [3.05, 3.63) is 35.4 Å². The van der Waals surface area contributed by atoms with E-state index in [1.54, 1.807) is 0 Å². The van der Waals surface area contributed by atoms with E-state index in [1.165, 1.54) is 44.1 Å². The maximum atomic E-state index is 11.9. The molecule has 1 unspecified atom stereocenters. The van der Waals surface area contributed by atoms with Gasteiger partial charge in [0, 0.05) is 12.8 Å². The molecule has 1 saturated carbocycles. The van der Waals surface area contributed by atoms with Crippen molar-refractivity contribution < 1.29 is 19.5 Å². The van der Waals surface area contributed by atoms with Crippen LogP contribution in [0.5, 0.6) is 0 Å². The fourth-order valence-corrected chi connectivity index (χ4v) is 4.07. The molecule has 0 radical (unpaired) electrons. The van der Waals surface area contributed by atoms with Gasteiger partial charge in [-0.25, -0.2) is 4.79 Å². The van der Waals surface area contributed by atoms with Crippen molar-refractivity contribution >= 4 is 17.8 Å². The predicted octanol–water partition coefficient (Wildman–Crippen LogP) is 4.15. The van der Waals surface area contributed by atoms with E-state index < -0.39 is 17.9 Å². The molecule has 1 atom stereocenters. The lowest BCUT2D eigenvalue weighted by Crippen LogP contribution is -2.46. The summed E-state index contributed by atoms with van der Waals surface area (Å²) in [5.41, 5.74) is 2.08. The topological polar surface area (TPSA) is 95.5 Å². The van der Waals surface area contributed by atoms with E-state index in [-0.39, 0.29) is 18.9 Å². The highest BCUT2D eigenvalue weighted by molar-refractivity contribution is 5.88. The third-order valence-corrected chi connectivity index (χ3v) is 5.88. The molecule has 6 heteroatoms. The summed E-state index contributed by atoms with van der Waals surface area (Å²) in [6, 6.07) is 6.87. The van der Waals surface area contributed by atoms with Gasteiger partial charge in [-0.05, 0) is 30.4 Å². The fraction of sp³-hybridized carbons (Fsp3) is 0.640. The first-order valence-corrected chi connectivity index (χ1v) is 11.9. The average Bonchev–Trinajstić information content (AvgIpc) is 2.78. The van der Waals surface area contributed by atoms with E-state index in [9.17, 15) is 19.5 Å². The summed E-state index contributed by atoms with van der Waals surface area (Å²) in [7, 11) is 0. The number of carboxylic acid groups (broad SMARTS) is 1. The van der Waals surface area contributed by atoms with Crippen molar-refractivity contribution in [3.8, 4) is 0 Å². The summed E-state index contributed by atoms with van der Waals surface area (Å²) in [6.07, 6.45) is 15.7. The Labute approximate surface area is 186 Å². The lowest BCUT2D eigenvalue weighted by atomic mass is 10.00. The van der Waals surface area contributed by atoms with Crippen LogP contribution in [0.1, 0.15) is 88.2 Å². The van der Waals surface area contributed by atoms with Crippen molar-refractivity contribution in [2.75, 3.05) is 6.54 Å². The molecule has 0 spiro atoms. The molecule has 2 aliphatic rings. The number of nitrogens with one attached hydrogen (secondary N) is 2. The number of rotatable bonds is 1. The number of fused-ring (bicyclic) bond motifs is 2. The fourth-order valence-electron chi connectivity index (χ4n) is 4.07. The molecule has 1 heterocycles. The Balaban J connectivity index is 0.000000488. The summed E-state index contributed by atoms with van der Waals surface area (Å²) in [4.78, 5) is 35.1. The first kappa shape index (κ1) is 24.9. The van der Waals surface area contributed by atoms with Crippen LogP contribution in [0.15, 0.2) is 24.3 Å². The predicted molar refractivity (Wildman–Crippen MR) is 122 cm³/mol. The Morgan fingerprint density at radius 3 is 1.94 bits per heavy atom. The van der Waals surface area contributed by atoms with E-state index in [1.807, 2.05) is 18.2 Å². The highest BCUT2D eigenvalue weighted by atomic mass is 16.4. The smallest absolute Gasteiger partial charge is 0.326 e. The van der Waals surface area contributed by atoms with Gasteiger partial charge in [-0.15, -0.1) is 0 Å². The molecule has 1 aliphatic carbocycles. The average molecular weight is 431 g/mol. The van der Waals surface area contributed by atoms with E-state index in [2.05, 4.69) is 16.7 Å². The van der Waals surface area contributed by atoms with Gasteiger partial charge in [-0.3, -0.25) is 9.59 Å². The summed E-state index contributed by atoms with van der Waals surface area (Å²) in [5, 5.41) is 14.4. The third kappa shape index (κ3) is 11.0. The van der Waals surface area contributed by atoms with Crippen LogP contribution in [-0.4, -0.2) is 35.5 Å². The normalized spacial score (nSPS) is 21.5. The highest BCUT2D eigenvalue weighted by Crippen LogP contribution is 2.15. The highest BCUT2D eigenvalue weighted by Gasteiger charge is 2.20. The number of hydrogen-bond acceptors (Lipinski definition) is 3. The largest absolute Gasteiger partial charge is 0.480 e. The maximum Gasteiger partial charge on any atom is 0.326 e. The van der Waals surface area contributed by atoms with Crippen LogP contribution in [-0.2, 0) is 27.2 Å². The van der Waals surface area contributed by atoms with Gasteiger partial charge < -0.3 is 15.7 Å². The van der Waals surface area contributed by atoms with Gasteiger partial charge >= 0.3 is 5.97 Å². The SMILES string of the molecule is C1CCCCC1.O=C1CCCCCCCc2cccc(c2)CC(C(=O)O)NC(=O)CN1. The number of aryl methyl sites for hydroxylation is 1. The van der Waals surface area contributed by atoms with E-state index in [4.69, 9.17) is 0 Å². The first-order chi connectivity index (χ1) is 15.0. The van der Waals surface area contributed by atoms with Crippen LogP contribution < -0.4 is 10.6 Å². The van der Waals surface area contributed by atoms with Crippen LogP contribution in [0.4, 0.5) is 0 Å². The van der Waals surface area contributed by atoms with Gasteiger partial charge in [-0.1, -0.05) is 82.1 Å². The van der Waals surface area contributed by atoms with Gasteiger partial charge in [0.15, 0.2) is 0 Å². The molecule has 1 aliphatic heterocycles. The molecule has 31 heavy (non-hydrogen) atoms. The molecule has 6 nitrogen and oxygen atoms in total. The van der Waals surface area contributed by atoms with Crippen LogP contribution in [0.2, 0.25) is 0 Å². The Morgan fingerprint density at radius 1 is 0.774 bits per heavy atom. The second kappa shape index (κ2) is 14.6. The summed E-state index contributed by atoms with van der Waals surface area (Å²) in [6.45, 7) is -0.192. The van der Waals surface area contributed by atoms with Gasteiger partial charge in [0.1, 0.15) is 6.04 Å². The van der Waals surface area contributed by atoms with E-state index in [0.717, 1.165) is 44.1 Å². The summed E-state index contributed by atoms with van der Waals surface area (Å²) < 4.78 is 0. The molecule has 2 bridgehead atoms. The number of amides is 2. The van der Waals surface area contributed by atoms with Crippen LogP contribution >= 0.6 is 0 Å². The summed E-state index contributed by atoms with van der Waals surface area (Å²) in [5.74, 6) is -1.73. The molecule has 0 saturated heterocycles. The zero-order chi connectivity index (χ0) is 22.3.